The Balaban J connectivity index is 2.06. The largest absolute Gasteiger partial charge is 0.465 e. The molecule has 1 aliphatic carbocycles. The fraction of sp³-hybridized carbons (Fsp3) is 0.167. The van der Waals surface area contributed by atoms with Gasteiger partial charge >= 0.3 is 5.97 Å². The van der Waals surface area contributed by atoms with Gasteiger partial charge in [-0.3, -0.25) is 0 Å². The SMILES string of the molecule is CCCNc1ccc2c(-c3ccccc3C(=O)OC)c3ccc(=N)cc-3oc2c1. The van der Waals surface area contributed by atoms with Crippen LogP contribution in [0.5, 0.6) is 0 Å². The fourth-order valence-corrected chi connectivity index (χ4v) is 3.55. The van der Waals surface area contributed by atoms with Gasteiger partial charge in [0.05, 0.1) is 18.0 Å². The van der Waals surface area contributed by atoms with Crippen molar-refractivity contribution in [3.05, 3.63) is 71.6 Å². The molecule has 0 saturated heterocycles. The number of anilines is 1. The van der Waals surface area contributed by atoms with Gasteiger partial charge in [0, 0.05) is 40.9 Å². The van der Waals surface area contributed by atoms with E-state index in [4.69, 9.17) is 14.6 Å². The summed E-state index contributed by atoms with van der Waals surface area (Å²) in [6, 6.07) is 18.7. The molecule has 0 saturated carbocycles. The molecular formula is C24H22N2O3. The Morgan fingerprint density at radius 1 is 1.07 bits per heavy atom. The number of carbonyl (C=O) groups excluding carboxylic acids is 1. The van der Waals surface area contributed by atoms with Gasteiger partial charge in [0.2, 0.25) is 0 Å². The Morgan fingerprint density at radius 3 is 2.69 bits per heavy atom. The second-order valence-corrected chi connectivity index (χ2v) is 6.86. The standard InChI is InChI=1S/C24H22N2O3/c1-3-12-26-16-9-11-20-22(14-16)29-21-13-15(25)8-10-19(21)23(20)17-6-4-5-7-18(17)24(27)28-2/h4-11,13-14,25-26H,3,12H2,1-2H3. The summed E-state index contributed by atoms with van der Waals surface area (Å²) in [6.07, 6.45) is 1.02. The summed E-state index contributed by atoms with van der Waals surface area (Å²) in [5.74, 6) is 0.216. The van der Waals surface area contributed by atoms with Crippen LogP contribution in [0.15, 0.2) is 65.1 Å². The van der Waals surface area contributed by atoms with E-state index < -0.39 is 0 Å². The third-order valence-corrected chi connectivity index (χ3v) is 4.90. The Kier molecular flexibility index (Phi) is 5.04. The van der Waals surface area contributed by atoms with Crippen LogP contribution in [0.25, 0.3) is 33.4 Å². The summed E-state index contributed by atoms with van der Waals surface area (Å²) < 4.78 is 11.2. The number of rotatable bonds is 5. The average Bonchev–Trinajstić information content (AvgIpc) is 2.75. The van der Waals surface area contributed by atoms with E-state index in [1.807, 2.05) is 42.5 Å². The van der Waals surface area contributed by atoms with Crippen molar-refractivity contribution < 1.29 is 13.9 Å². The van der Waals surface area contributed by atoms with Crippen LogP contribution in [-0.4, -0.2) is 19.6 Å². The topological polar surface area (TPSA) is 75.3 Å². The van der Waals surface area contributed by atoms with Gasteiger partial charge in [-0.1, -0.05) is 25.1 Å². The minimum Gasteiger partial charge on any atom is -0.465 e. The molecule has 0 atom stereocenters. The molecule has 4 rings (SSSR count). The summed E-state index contributed by atoms with van der Waals surface area (Å²) in [5.41, 5.74) is 4.67. The molecule has 5 nitrogen and oxygen atoms in total. The van der Waals surface area contributed by atoms with Crippen molar-refractivity contribution in [2.24, 2.45) is 0 Å². The van der Waals surface area contributed by atoms with Gasteiger partial charge in [0.1, 0.15) is 11.3 Å². The number of fused-ring (bicyclic) bond motifs is 2. The lowest BCUT2D eigenvalue weighted by Gasteiger charge is -2.18. The number of carbonyl (C=O) groups is 1. The van der Waals surface area contributed by atoms with Crippen LogP contribution in [0.1, 0.15) is 23.7 Å². The van der Waals surface area contributed by atoms with Crippen molar-refractivity contribution >= 4 is 22.6 Å². The van der Waals surface area contributed by atoms with Crippen LogP contribution < -0.4 is 10.7 Å². The first kappa shape index (κ1) is 18.7. The molecule has 29 heavy (non-hydrogen) atoms. The number of hydrogen-bond donors (Lipinski definition) is 2. The highest BCUT2D eigenvalue weighted by molar-refractivity contribution is 6.08. The van der Waals surface area contributed by atoms with Crippen molar-refractivity contribution in [2.45, 2.75) is 13.3 Å². The number of methoxy groups -OCH3 is 1. The molecule has 2 N–H and O–H groups in total. The number of hydrogen-bond acceptors (Lipinski definition) is 5. The zero-order valence-electron chi connectivity index (χ0n) is 16.4. The highest BCUT2D eigenvalue weighted by atomic mass is 16.5. The Bertz CT molecular complexity index is 1230. The lowest BCUT2D eigenvalue weighted by Crippen LogP contribution is -2.05. The molecule has 5 heteroatoms. The summed E-state index contributed by atoms with van der Waals surface area (Å²) in [5, 5.41) is 12.6. The number of esters is 1. The van der Waals surface area contributed by atoms with E-state index in [1.54, 1.807) is 18.2 Å². The summed E-state index contributed by atoms with van der Waals surface area (Å²) >= 11 is 0. The highest BCUT2D eigenvalue weighted by Crippen LogP contribution is 2.41. The first-order valence-electron chi connectivity index (χ1n) is 9.59. The predicted octanol–water partition coefficient (Wildman–Crippen LogP) is 5.29. The lowest BCUT2D eigenvalue weighted by atomic mass is 9.90. The smallest absolute Gasteiger partial charge is 0.338 e. The predicted molar refractivity (Wildman–Crippen MR) is 114 cm³/mol. The van der Waals surface area contributed by atoms with Crippen molar-refractivity contribution in [1.29, 1.82) is 5.41 Å². The number of nitrogens with one attached hydrogen (secondary N) is 2. The molecule has 0 amide bonds. The third kappa shape index (κ3) is 3.47. The maximum atomic E-state index is 12.4. The fourth-order valence-electron chi connectivity index (χ4n) is 3.55. The minimum atomic E-state index is -0.388. The first-order valence-corrected chi connectivity index (χ1v) is 9.59. The normalized spacial score (nSPS) is 11.0. The number of benzene rings is 3. The molecule has 2 aliphatic rings. The maximum Gasteiger partial charge on any atom is 0.338 e. The first-order chi connectivity index (χ1) is 14.1. The quantitative estimate of drug-likeness (QED) is 0.361. The second kappa shape index (κ2) is 7.80. The Morgan fingerprint density at radius 2 is 1.90 bits per heavy atom. The van der Waals surface area contributed by atoms with E-state index in [2.05, 4.69) is 12.2 Å². The molecule has 2 aromatic rings. The zero-order valence-corrected chi connectivity index (χ0v) is 16.4. The molecule has 0 spiro atoms. The third-order valence-electron chi connectivity index (χ3n) is 4.90. The van der Waals surface area contributed by atoms with Crippen LogP contribution in [-0.2, 0) is 4.74 Å². The van der Waals surface area contributed by atoms with Crippen molar-refractivity contribution in [1.82, 2.24) is 0 Å². The van der Waals surface area contributed by atoms with Gasteiger partial charge in [-0.15, -0.1) is 0 Å². The molecule has 0 aromatic heterocycles. The molecule has 1 aliphatic heterocycles. The molecule has 2 aromatic carbocycles. The molecule has 0 fully saturated rings. The van der Waals surface area contributed by atoms with Crippen LogP contribution >= 0.6 is 0 Å². The summed E-state index contributed by atoms with van der Waals surface area (Å²) in [4.78, 5) is 12.4. The van der Waals surface area contributed by atoms with Crippen LogP contribution in [0.4, 0.5) is 5.69 Å². The number of ether oxygens (including phenoxy) is 1. The van der Waals surface area contributed by atoms with Gasteiger partial charge in [0.25, 0.3) is 0 Å². The Labute approximate surface area is 168 Å². The van der Waals surface area contributed by atoms with Gasteiger partial charge in [-0.25, -0.2) is 4.79 Å². The van der Waals surface area contributed by atoms with E-state index in [0.29, 0.717) is 22.3 Å². The van der Waals surface area contributed by atoms with Crippen molar-refractivity contribution in [2.75, 3.05) is 19.0 Å². The second-order valence-electron chi connectivity index (χ2n) is 6.86. The van der Waals surface area contributed by atoms with Crippen LogP contribution in [0.3, 0.4) is 0 Å². The van der Waals surface area contributed by atoms with E-state index in [1.165, 1.54) is 7.11 Å². The average molecular weight is 386 g/mol. The monoisotopic (exact) mass is 386 g/mol. The van der Waals surface area contributed by atoms with Crippen LogP contribution in [0, 0.1) is 5.41 Å². The molecule has 0 radical (unpaired) electrons. The molecule has 1 heterocycles. The van der Waals surface area contributed by atoms with E-state index >= 15 is 0 Å². The molecular weight excluding hydrogens is 364 g/mol. The molecule has 0 unspecified atom stereocenters. The highest BCUT2D eigenvalue weighted by Gasteiger charge is 2.21. The van der Waals surface area contributed by atoms with Crippen LogP contribution in [0.2, 0.25) is 0 Å². The van der Waals surface area contributed by atoms with E-state index in [0.717, 1.165) is 40.7 Å². The summed E-state index contributed by atoms with van der Waals surface area (Å²) in [7, 11) is 1.38. The van der Waals surface area contributed by atoms with Gasteiger partial charge in [-0.2, -0.15) is 0 Å². The zero-order chi connectivity index (χ0) is 20.4. The van der Waals surface area contributed by atoms with Crippen molar-refractivity contribution in [3.63, 3.8) is 0 Å². The Hall–Kier alpha value is -3.60. The van der Waals surface area contributed by atoms with Gasteiger partial charge < -0.3 is 19.9 Å². The lowest BCUT2D eigenvalue weighted by molar-refractivity contribution is 0.0601. The molecule has 146 valence electrons. The summed E-state index contributed by atoms with van der Waals surface area (Å²) in [6.45, 7) is 2.98. The molecule has 0 bridgehead atoms. The van der Waals surface area contributed by atoms with Gasteiger partial charge in [-0.05, 0) is 42.3 Å². The van der Waals surface area contributed by atoms with E-state index in [-0.39, 0.29) is 5.97 Å². The maximum absolute atomic E-state index is 12.4. The van der Waals surface area contributed by atoms with Crippen molar-refractivity contribution in [3.8, 4) is 22.5 Å². The minimum absolute atomic E-state index is 0.369. The van der Waals surface area contributed by atoms with E-state index in [9.17, 15) is 4.79 Å². The van der Waals surface area contributed by atoms with Gasteiger partial charge in [0.15, 0.2) is 0 Å².